The molecule has 0 saturated heterocycles. The van der Waals surface area contributed by atoms with Crippen molar-refractivity contribution in [2.75, 3.05) is 5.32 Å². The van der Waals surface area contributed by atoms with E-state index in [1.54, 1.807) is 29.5 Å². The Hall–Kier alpha value is -1.83. The van der Waals surface area contributed by atoms with E-state index in [1.165, 1.54) is 0 Å². The molecule has 3 nitrogen and oxygen atoms in total. The van der Waals surface area contributed by atoms with Gasteiger partial charge in [0, 0.05) is 10.4 Å². The van der Waals surface area contributed by atoms with Gasteiger partial charge in [-0.15, -0.1) is 11.3 Å². The van der Waals surface area contributed by atoms with Gasteiger partial charge in [0.1, 0.15) is 6.42 Å². The lowest BCUT2D eigenvalue weighted by Gasteiger charge is -2.11. The molecule has 0 aliphatic carbocycles. The summed E-state index contributed by atoms with van der Waals surface area (Å²) in [7, 11) is 0. The van der Waals surface area contributed by atoms with E-state index >= 15 is 0 Å². The summed E-state index contributed by atoms with van der Waals surface area (Å²) in [4.78, 5) is 12.6. The largest absolute Gasteiger partial charge is 0.325 e. The Balaban J connectivity index is 2.46. The van der Waals surface area contributed by atoms with Crippen LogP contribution >= 0.6 is 22.9 Å². The highest BCUT2D eigenvalue weighted by atomic mass is 35.5. The number of amides is 1. The van der Waals surface area contributed by atoms with E-state index in [0.717, 1.165) is 16.0 Å². The van der Waals surface area contributed by atoms with E-state index in [4.69, 9.17) is 16.9 Å². The lowest BCUT2D eigenvalue weighted by molar-refractivity contribution is -0.115. The maximum atomic E-state index is 11.6. The number of nitrogens with one attached hydrogen (secondary N) is 1. The number of thiophene rings is 1. The van der Waals surface area contributed by atoms with Gasteiger partial charge in [-0.25, -0.2) is 0 Å². The van der Waals surface area contributed by atoms with Crippen molar-refractivity contribution in [2.45, 2.75) is 13.3 Å². The Bertz CT molecular complexity index is 658. The molecule has 0 aliphatic rings. The number of hydrogen-bond acceptors (Lipinski definition) is 3. The van der Waals surface area contributed by atoms with Crippen molar-refractivity contribution in [1.82, 2.24) is 0 Å². The average Bonchev–Trinajstić information content (AvgIpc) is 2.76. The van der Waals surface area contributed by atoms with Gasteiger partial charge < -0.3 is 5.32 Å². The number of rotatable bonds is 3. The minimum Gasteiger partial charge on any atom is -0.325 e. The predicted octanol–water partition coefficient (Wildman–Crippen LogP) is 4.23. The molecule has 1 aromatic carbocycles. The molecule has 96 valence electrons. The van der Waals surface area contributed by atoms with Gasteiger partial charge in [-0.2, -0.15) is 5.26 Å². The molecule has 0 unspecified atom stereocenters. The second-order valence-corrected chi connectivity index (χ2v) is 5.30. The zero-order valence-electron chi connectivity index (χ0n) is 10.2. The van der Waals surface area contributed by atoms with Crippen molar-refractivity contribution in [1.29, 1.82) is 5.26 Å². The quantitative estimate of drug-likeness (QED) is 0.919. The fourth-order valence-electron chi connectivity index (χ4n) is 1.75. The minimum atomic E-state index is -0.333. The Labute approximate surface area is 120 Å². The van der Waals surface area contributed by atoms with Crippen LogP contribution in [0.15, 0.2) is 29.6 Å². The zero-order valence-corrected chi connectivity index (χ0v) is 11.8. The molecule has 1 N–H and O–H groups in total. The first-order chi connectivity index (χ1) is 9.13. The van der Waals surface area contributed by atoms with Crippen LogP contribution in [0.1, 0.15) is 12.0 Å². The number of hydrogen-bond donors (Lipinski definition) is 1. The maximum Gasteiger partial charge on any atom is 0.238 e. The Kier molecular flexibility index (Phi) is 4.20. The summed E-state index contributed by atoms with van der Waals surface area (Å²) in [6.45, 7) is 2.00. The molecule has 5 heteroatoms. The van der Waals surface area contributed by atoms with Crippen LogP contribution < -0.4 is 5.32 Å². The topological polar surface area (TPSA) is 52.9 Å². The van der Waals surface area contributed by atoms with Gasteiger partial charge in [0.05, 0.1) is 16.8 Å². The molecular formula is C14H11ClN2OS. The van der Waals surface area contributed by atoms with E-state index in [2.05, 4.69) is 5.32 Å². The van der Waals surface area contributed by atoms with Crippen LogP contribution in [0.4, 0.5) is 5.69 Å². The summed E-state index contributed by atoms with van der Waals surface area (Å²) >= 11 is 7.81. The van der Waals surface area contributed by atoms with Crippen LogP contribution in [-0.4, -0.2) is 5.91 Å². The molecular weight excluding hydrogens is 280 g/mol. The fourth-order valence-corrected chi connectivity index (χ4v) is 3.08. The SMILES string of the molecule is Cc1ccsc1-c1c(Cl)cccc1NC(=O)CC#N. The molecule has 2 aromatic rings. The molecule has 1 aromatic heterocycles. The Morgan fingerprint density at radius 3 is 2.89 bits per heavy atom. The van der Waals surface area contributed by atoms with Crippen LogP contribution in [0, 0.1) is 18.3 Å². The molecule has 0 aliphatic heterocycles. The van der Waals surface area contributed by atoms with E-state index in [1.807, 2.05) is 24.4 Å². The van der Waals surface area contributed by atoms with E-state index in [0.29, 0.717) is 10.7 Å². The number of carbonyl (C=O) groups is 1. The van der Waals surface area contributed by atoms with Crippen LogP contribution in [0.5, 0.6) is 0 Å². The monoisotopic (exact) mass is 290 g/mol. The fraction of sp³-hybridized carbons (Fsp3) is 0.143. The normalized spacial score (nSPS) is 9.95. The van der Waals surface area contributed by atoms with Gasteiger partial charge in [0.25, 0.3) is 0 Å². The van der Waals surface area contributed by atoms with Crippen LogP contribution in [0.25, 0.3) is 10.4 Å². The lowest BCUT2D eigenvalue weighted by atomic mass is 10.1. The second kappa shape index (κ2) is 5.87. The smallest absolute Gasteiger partial charge is 0.238 e. The maximum absolute atomic E-state index is 11.6. The Morgan fingerprint density at radius 2 is 2.26 bits per heavy atom. The molecule has 0 bridgehead atoms. The first kappa shape index (κ1) is 13.6. The first-order valence-corrected chi connectivity index (χ1v) is 6.89. The van der Waals surface area contributed by atoms with Gasteiger partial charge in [-0.1, -0.05) is 17.7 Å². The summed E-state index contributed by atoms with van der Waals surface area (Å²) in [5, 5.41) is 13.8. The van der Waals surface area contributed by atoms with Crippen molar-refractivity contribution >= 4 is 34.5 Å². The molecule has 2 rings (SSSR count). The summed E-state index contributed by atoms with van der Waals surface area (Å²) in [6.07, 6.45) is -0.171. The summed E-state index contributed by atoms with van der Waals surface area (Å²) in [6, 6.07) is 9.18. The number of benzene rings is 1. The first-order valence-electron chi connectivity index (χ1n) is 5.63. The van der Waals surface area contributed by atoms with Crippen molar-refractivity contribution in [3.63, 3.8) is 0 Å². The number of nitrogens with zero attached hydrogens (tertiary/aromatic N) is 1. The predicted molar refractivity (Wildman–Crippen MR) is 78.4 cm³/mol. The summed E-state index contributed by atoms with van der Waals surface area (Å²) < 4.78 is 0. The summed E-state index contributed by atoms with van der Waals surface area (Å²) in [5.41, 5.74) is 2.55. The average molecular weight is 291 g/mol. The third-order valence-corrected chi connectivity index (χ3v) is 3.97. The van der Waals surface area contributed by atoms with Gasteiger partial charge in [0.2, 0.25) is 5.91 Å². The van der Waals surface area contributed by atoms with E-state index in [-0.39, 0.29) is 12.3 Å². The molecule has 0 atom stereocenters. The molecule has 1 amide bonds. The van der Waals surface area contributed by atoms with E-state index < -0.39 is 0 Å². The van der Waals surface area contributed by atoms with Crippen LogP contribution in [0.3, 0.4) is 0 Å². The number of halogens is 1. The third kappa shape index (κ3) is 2.95. The lowest BCUT2D eigenvalue weighted by Crippen LogP contribution is -2.11. The van der Waals surface area contributed by atoms with Gasteiger partial charge in [-0.3, -0.25) is 4.79 Å². The Morgan fingerprint density at radius 1 is 1.47 bits per heavy atom. The number of aryl methyl sites for hydroxylation is 1. The second-order valence-electron chi connectivity index (χ2n) is 3.98. The molecule has 19 heavy (non-hydrogen) atoms. The van der Waals surface area contributed by atoms with Crippen LogP contribution in [0.2, 0.25) is 5.02 Å². The van der Waals surface area contributed by atoms with Crippen molar-refractivity contribution in [3.05, 3.63) is 40.2 Å². The van der Waals surface area contributed by atoms with Gasteiger partial charge in [-0.05, 0) is 36.1 Å². The molecule has 1 heterocycles. The number of anilines is 1. The summed E-state index contributed by atoms with van der Waals surface area (Å²) in [5.74, 6) is -0.333. The molecule has 0 radical (unpaired) electrons. The van der Waals surface area contributed by atoms with Crippen molar-refractivity contribution in [3.8, 4) is 16.5 Å². The number of nitriles is 1. The van der Waals surface area contributed by atoms with E-state index in [9.17, 15) is 4.79 Å². The minimum absolute atomic E-state index is 0.171. The highest BCUT2D eigenvalue weighted by molar-refractivity contribution is 7.13. The molecule has 0 saturated carbocycles. The van der Waals surface area contributed by atoms with Crippen molar-refractivity contribution < 1.29 is 4.79 Å². The number of carbonyl (C=O) groups excluding carboxylic acids is 1. The van der Waals surface area contributed by atoms with Gasteiger partial charge in [0.15, 0.2) is 0 Å². The zero-order chi connectivity index (χ0) is 13.8. The third-order valence-electron chi connectivity index (χ3n) is 2.62. The van der Waals surface area contributed by atoms with Crippen LogP contribution in [-0.2, 0) is 4.79 Å². The van der Waals surface area contributed by atoms with Gasteiger partial charge >= 0.3 is 0 Å². The molecule has 0 fully saturated rings. The molecule has 0 spiro atoms. The standard InChI is InChI=1S/C14H11ClN2OS/c1-9-6-8-19-14(9)13-10(15)3-2-4-11(13)17-12(18)5-7-16/h2-4,6,8H,5H2,1H3,(H,17,18). The van der Waals surface area contributed by atoms with Crippen molar-refractivity contribution in [2.24, 2.45) is 0 Å². The highest BCUT2D eigenvalue weighted by Crippen LogP contribution is 2.39. The highest BCUT2D eigenvalue weighted by Gasteiger charge is 2.14.